The van der Waals surface area contributed by atoms with Crippen molar-refractivity contribution in [3.05, 3.63) is 65.5 Å². The highest BCUT2D eigenvalue weighted by atomic mass is 19.1. The number of carbonyl (C=O) groups is 1. The molecule has 1 heterocycles. The maximum absolute atomic E-state index is 14.1. The zero-order valence-corrected chi connectivity index (χ0v) is 16.5. The van der Waals surface area contributed by atoms with Crippen molar-refractivity contribution in [1.82, 2.24) is 4.90 Å². The maximum Gasteiger partial charge on any atom is 0.226 e. The first-order valence-corrected chi connectivity index (χ1v) is 10.0. The van der Waals surface area contributed by atoms with Crippen molar-refractivity contribution in [2.45, 2.75) is 38.3 Å². The largest absolute Gasteiger partial charge is 0.497 e. The van der Waals surface area contributed by atoms with Gasteiger partial charge in [-0.2, -0.15) is 0 Å². The van der Waals surface area contributed by atoms with Gasteiger partial charge in [0.15, 0.2) is 6.10 Å². The Balaban J connectivity index is 1.46. The fourth-order valence-corrected chi connectivity index (χ4v) is 3.76. The minimum absolute atomic E-state index is 0.0916. The molecule has 0 spiro atoms. The number of carbonyl (C=O) groups excluding carboxylic acids is 1. The monoisotopic (exact) mass is 396 g/mol. The van der Waals surface area contributed by atoms with Crippen LogP contribution in [0.4, 0.5) is 4.39 Å². The van der Waals surface area contributed by atoms with Crippen LogP contribution in [0.25, 0.3) is 0 Å². The fourth-order valence-electron chi connectivity index (χ4n) is 3.76. The third-order valence-electron chi connectivity index (χ3n) is 5.62. The molecule has 1 amide bonds. The minimum Gasteiger partial charge on any atom is -0.497 e. The van der Waals surface area contributed by atoms with E-state index < -0.39 is 0 Å². The van der Waals surface area contributed by atoms with Gasteiger partial charge in [0.25, 0.3) is 0 Å². The lowest BCUT2D eigenvalue weighted by molar-refractivity contribution is -0.140. The molecule has 0 N–H and O–H groups in total. The number of hydrogen-bond acceptors (Lipinski definition) is 4. The third kappa shape index (κ3) is 4.42. The van der Waals surface area contributed by atoms with Crippen molar-refractivity contribution < 1.29 is 18.8 Å². The van der Waals surface area contributed by atoms with Crippen LogP contribution in [0.1, 0.15) is 36.8 Å². The number of benzene rings is 2. The van der Waals surface area contributed by atoms with Gasteiger partial charge in [0.1, 0.15) is 11.6 Å². The molecule has 0 unspecified atom stereocenters. The predicted octanol–water partition coefficient (Wildman–Crippen LogP) is 4.16. The Kier molecular flexibility index (Phi) is 5.79. The highest BCUT2D eigenvalue weighted by Gasteiger charge is 2.33. The van der Waals surface area contributed by atoms with E-state index in [1.165, 1.54) is 6.07 Å². The van der Waals surface area contributed by atoms with Crippen LogP contribution in [0.3, 0.4) is 0 Å². The SMILES string of the molecule is COc1cccc(CN(C[C@@H]2CC(c3ccccc3F)=NO2)C(=O)C2CCC2)c1. The highest BCUT2D eigenvalue weighted by Crippen LogP contribution is 2.30. The van der Waals surface area contributed by atoms with Crippen molar-refractivity contribution >= 4 is 11.6 Å². The molecule has 1 aliphatic heterocycles. The molecule has 2 aromatic carbocycles. The molecule has 0 radical (unpaired) electrons. The first-order valence-electron chi connectivity index (χ1n) is 10.0. The fraction of sp³-hybridized carbons (Fsp3) is 0.391. The summed E-state index contributed by atoms with van der Waals surface area (Å²) in [6.45, 7) is 0.912. The van der Waals surface area contributed by atoms with E-state index >= 15 is 0 Å². The highest BCUT2D eigenvalue weighted by molar-refractivity contribution is 6.01. The number of methoxy groups -OCH3 is 1. The second-order valence-electron chi connectivity index (χ2n) is 7.65. The van der Waals surface area contributed by atoms with E-state index in [1.54, 1.807) is 25.3 Å². The summed E-state index contributed by atoms with van der Waals surface area (Å²) in [5.41, 5.74) is 2.05. The first kappa shape index (κ1) is 19.4. The molecule has 0 bridgehead atoms. The topological polar surface area (TPSA) is 51.1 Å². The number of hydrogen-bond donors (Lipinski definition) is 0. The summed E-state index contributed by atoms with van der Waals surface area (Å²) >= 11 is 0. The molecule has 2 aromatic rings. The number of ether oxygens (including phenoxy) is 1. The van der Waals surface area contributed by atoms with Crippen molar-refractivity contribution in [2.75, 3.05) is 13.7 Å². The van der Waals surface area contributed by atoms with Crippen LogP contribution in [0.2, 0.25) is 0 Å². The molecule has 2 aliphatic rings. The average Bonchev–Trinajstić information content (AvgIpc) is 3.15. The molecule has 4 rings (SSSR count). The van der Waals surface area contributed by atoms with E-state index in [0.717, 1.165) is 30.6 Å². The lowest BCUT2D eigenvalue weighted by Crippen LogP contribution is -2.42. The van der Waals surface area contributed by atoms with Crippen LogP contribution in [0, 0.1) is 11.7 Å². The van der Waals surface area contributed by atoms with E-state index in [-0.39, 0.29) is 23.7 Å². The van der Waals surface area contributed by atoms with Gasteiger partial charge in [-0.25, -0.2) is 4.39 Å². The number of halogens is 1. The van der Waals surface area contributed by atoms with Gasteiger partial charge in [-0.15, -0.1) is 0 Å². The third-order valence-corrected chi connectivity index (χ3v) is 5.62. The molecule has 1 atom stereocenters. The molecule has 1 aliphatic carbocycles. The van der Waals surface area contributed by atoms with Crippen molar-refractivity contribution in [3.63, 3.8) is 0 Å². The number of amides is 1. The number of nitrogens with zero attached hydrogens (tertiary/aromatic N) is 2. The van der Waals surface area contributed by atoms with Gasteiger partial charge in [-0.3, -0.25) is 4.79 Å². The Morgan fingerprint density at radius 3 is 2.79 bits per heavy atom. The van der Waals surface area contributed by atoms with Gasteiger partial charge in [0.2, 0.25) is 5.91 Å². The first-order chi connectivity index (χ1) is 14.1. The zero-order chi connectivity index (χ0) is 20.2. The maximum atomic E-state index is 14.1. The van der Waals surface area contributed by atoms with Gasteiger partial charge in [0, 0.05) is 24.4 Å². The van der Waals surface area contributed by atoms with Crippen molar-refractivity contribution in [1.29, 1.82) is 0 Å². The quantitative estimate of drug-likeness (QED) is 0.706. The molecular formula is C23H25FN2O3. The molecule has 6 heteroatoms. The zero-order valence-electron chi connectivity index (χ0n) is 16.5. The lowest BCUT2D eigenvalue weighted by atomic mass is 9.84. The van der Waals surface area contributed by atoms with Crippen molar-refractivity contribution in [3.8, 4) is 5.75 Å². The second-order valence-corrected chi connectivity index (χ2v) is 7.65. The number of rotatable bonds is 7. The predicted molar refractivity (Wildman–Crippen MR) is 108 cm³/mol. The average molecular weight is 396 g/mol. The van der Waals surface area contributed by atoms with Crippen LogP contribution in [0.5, 0.6) is 5.75 Å². The second kappa shape index (κ2) is 8.64. The summed E-state index contributed by atoms with van der Waals surface area (Å²) in [5, 5.41) is 4.09. The smallest absolute Gasteiger partial charge is 0.226 e. The molecular weight excluding hydrogens is 371 g/mol. The Hall–Kier alpha value is -2.89. The molecule has 1 saturated carbocycles. The van der Waals surface area contributed by atoms with Gasteiger partial charge in [-0.1, -0.05) is 41.9 Å². The summed E-state index contributed by atoms with van der Waals surface area (Å²) in [4.78, 5) is 20.4. The van der Waals surface area contributed by atoms with E-state index in [1.807, 2.05) is 29.2 Å². The van der Waals surface area contributed by atoms with Crippen LogP contribution in [-0.2, 0) is 16.2 Å². The van der Waals surface area contributed by atoms with Crippen LogP contribution in [0.15, 0.2) is 53.7 Å². The summed E-state index contributed by atoms with van der Waals surface area (Å²) in [5.74, 6) is 0.700. The Morgan fingerprint density at radius 1 is 1.24 bits per heavy atom. The Morgan fingerprint density at radius 2 is 2.07 bits per heavy atom. The molecule has 152 valence electrons. The molecule has 5 nitrogen and oxygen atoms in total. The van der Waals surface area contributed by atoms with E-state index in [2.05, 4.69) is 5.16 Å². The van der Waals surface area contributed by atoms with Gasteiger partial charge < -0.3 is 14.5 Å². The molecule has 1 fully saturated rings. The Bertz CT molecular complexity index is 911. The summed E-state index contributed by atoms with van der Waals surface area (Å²) < 4.78 is 19.4. The minimum atomic E-state index is -0.311. The normalized spacial score (nSPS) is 18.6. The van der Waals surface area contributed by atoms with E-state index in [0.29, 0.717) is 30.8 Å². The number of oxime groups is 1. The molecule has 0 aromatic heterocycles. The molecule has 29 heavy (non-hydrogen) atoms. The van der Waals surface area contributed by atoms with Crippen LogP contribution >= 0.6 is 0 Å². The Labute approximate surface area is 170 Å². The standard InChI is InChI=1S/C23H25FN2O3/c1-28-18-9-4-6-16(12-18)14-26(23(27)17-7-5-8-17)15-19-13-22(25-29-19)20-10-2-3-11-21(20)24/h2-4,6,9-12,17,19H,5,7-8,13-15H2,1H3/t19-/m0/s1. The van der Waals surface area contributed by atoms with Gasteiger partial charge >= 0.3 is 0 Å². The van der Waals surface area contributed by atoms with E-state index in [9.17, 15) is 9.18 Å². The summed E-state index contributed by atoms with van der Waals surface area (Å²) in [6, 6.07) is 14.3. The van der Waals surface area contributed by atoms with Crippen molar-refractivity contribution in [2.24, 2.45) is 11.1 Å². The summed E-state index contributed by atoms with van der Waals surface area (Å²) in [7, 11) is 1.63. The van der Waals surface area contributed by atoms with Gasteiger partial charge in [-0.05, 0) is 36.6 Å². The lowest BCUT2D eigenvalue weighted by Gasteiger charge is -2.32. The van der Waals surface area contributed by atoms with Gasteiger partial charge in [0.05, 0.1) is 19.4 Å². The van der Waals surface area contributed by atoms with Crippen LogP contribution < -0.4 is 4.74 Å². The molecule has 0 saturated heterocycles. The van der Waals surface area contributed by atoms with E-state index in [4.69, 9.17) is 9.57 Å². The summed E-state index contributed by atoms with van der Waals surface area (Å²) in [6.07, 6.45) is 3.18. The van der Waals surface area contributed by atoms with Crippen LogP contribution in [-0.4, -0.2) is 36.3 Å².